The van der Waals surface area contributed by atoms with Crippen molar-refractivity contribution in [1.29, 1.82) is 0 Å². The van der Waals surface area contributed by atoms with E-state index < -0.39 is 0 Å². The predicted molar refractivity (Wildman–Crippen MR) is 125 cm³/mol. The number of benzene rings is 2. The second-order valence-corrected chi connectivity index (χ2v) is 8.05. The van der Waals surface area contributed by atoms with Crippen molar-refractivity contribution in [2.45, 2.75) is 19.0 Å². The minimum Gasteiger partial charge on any atom is -0.325 e. The lowest BCUT2D eigenvalue weighted by Gasteiger charge is -2.13. The SMILES string of the molecule is CC(=O)c1ccccc1NC(=O)CSc1nnc(-c2ccncc2)n1-c1ccccc1C. The lowest BCUT2D eigenvalue weighted by molar-refractivity contribution is -0.113. The molecule has 2 heterocycles. The van der Waals surface area contributed by atoms with Crippen LogP contribution in [0.3, 0.4) is 0 Å². The van der Waals surface area contributed by atoms with Gasteiger partial charge in [-0.3, -0.25) is 19.1 Å². The van der Waals surface area contributed by atoms with Gasteiger partial charge in [0.1, 0.15) is 0 Å². The largest absolute Gasteiger partial charge is 0.325 e. The number of thioether (sulfide) groups is 1. The fourth-order valence-electron chi connectivity index (χ4n) is 3.30. The fourth-order valence-corrected chi connectivity index (χ4v) is 4.04. The lowest BCUT2D eigenvalue weighted by atomic mass is 10.1. The van der Waals surface area contributed by atoms with Gasteiger partial charge in [-0.1, -0.05) is 42.1 Å². The van der Waals surface area contributed by atoms with Crippen LogP contribution in [0.4, 0.5) is 5.69 Å². The molecule has 0 radical (unpaired) electrons. The number of carbonyl (C=O) groups excluding carboxylic acids is 2. The quantitative estimate of drug-likeness (QED) is 0.332. The van der Waals surface area contributed by atoms with Gasteiger partial charge in [0.15, 0.2) is 16.8 Å². The Hall–Kier alpha value is -3.78. The third-order valence-electron chi connectivity index (χ3n) is 4.84. The molecule has 0 saturated heterocycles. The number of amides is 1. The Morgan fingerprint density at radius 1 is 0.969 bits per heavy atom. The number of anilines is 1. The predicted octanol–water partition coefficient (Wildman–Crippen LogP) is 4.57. The Balaban J connectivity index is 1.61. The zero-order valence-electron chi connectivity index (χ0n) is 17.6. The fraction of sp³-hybridized carbons (Fsp3) is 0.125. The molecule has 0 aliphatic carbocycles. The summed E-state index contributed by atoms with van der Waals surface area (Å²) in [5, 5.41) is 12.2. The van der Waals surface area contributed by atoms with E-state index >= 15 is 0 Å². The monoisotopic (exact) mass is 443 g/mol. The van der Waals surface area contributed by atoms with E-state index in [0.29, 0.717) is 22.2 Å². The molecule has 8 heteroatoms. The topological polar surface area (TPSA) is 89.8 Å². The molecule has 0 fully saturated rings. The van der Waals surface area contributed by atoms with Gasteiger partial charge >= 0.3 is 0 Å². The Morgan fingerprint density at radius 3 is 2.44 bits per heavy atom. The number of aromatic nitrogens is 4. The van der Waals surface area contributed by atoms with Crippen LogP contribution in [0.2, 0.25) is 0 Å². The van der Waals surface area contributed by atoms with Crippen LogP contribution in [0.5, 0.6) is 0 Å². The summed E-state index contributed by atoms with van der Waals surface area (Å²) in [5.74, 6) is 0.460. The molecule has 0 aliphatic heterocycles. The highest BCUT2D eigenvalue weighted by Crippen LogP contribution is 2.29. The van der Waals surface area contributed by atoms with Gasteiger partial charge < -0.3 is 5.32 Å². The number of aryl methyl sites for hydroxylation is 1. The smallest absolute Gasteiger partial charge is 0.234 e. The van der Waals surface area contributed by atoms with E-state index in [1.807, 2.05) is 47.9 Å². The van der Waals surface area contributed by atoms with E-state index in [1.165, 1.54) is 18.7 Å². The molecule has 0 spiro atoms. The first kappa shape index (κ1) is 21.5. The normalized spacial score (nSPS) is 10.7. The first-order valence-electron chi connectivity index (χ1n) is 9.99. The van der Waals surface area contributed by atoms with E-state index in [2.05, 4.69) is 20.5 Å². The van der Waals surface area contributed by atoms with Crippen molar-refractivity contribution in [2.24, 2.45) is 0 Å². The number of nitrogens with one attached hydrogen (secondary N) is 1. The van der Waals surface area contributed by atoms with Gasteiger partial charge in [0.05, 0.1) is 17.1 Å². The van der Waals surface area contributed by atoms with Gasteiger partial charge in [-0.05, 0) is 49.7 Å². The molecule has 0 saturated carbocycles. The summed E-state index contributed by atoms with van der Waals surface area (Å²) in [6.45, 7) is 3.50. The van der Waals surface area contributed by atoms with Crippen molar-refractivity contribution in [3.8, 4) is 17.1 Å². The molecule has 0 unspecified atom stereocenters. The van der Waals surface area contributed by atoms with E-state index in [0.717, 1.165) is 16.8 Å². The summed E-state index contributed by atoms with van der Waals surface area (Å²) in [7, 11) is 0. The van der Waals surface area contributed by atoms with E-state index in [-0.39, 0.29) is 17.4 Å². The molecule has 32 heavy (non-hydrogen) atoms. The van der Waals surface area contributed by atoms with E-state index in [4.69, 9.17) is 0 Å². The lowest BCUT2D eigenvalue weighted by Crippen LogP contribution is -2.16. The molecule has 2 aromatic carbocycles. The zero-order valence-corrected chi connectivity index (χ0v) is 18.5. The summed E-state index contributed by atoms with van der Waals surface area (Å²) < 4.78 is 1.95. The number of ketones is 1. The highest BCUT2D eigenvalue weighted by molar-refractivity contribution is 7.99. The second-order valence-electron chi connectivity index (χ2n) is 7.10. The highest BCUT2D eigenvalue weighted by Gasteiger charge is 2.19. The summed E-state index contributed by atoms with van der Waals surface area (Å²) in [6.07, 6.45) is 3.41. The maximum absolute atomic E-state index is 12.6. The number of hydrogen-bond acceptors (Lipinski definition) is 6. The molecule has 0 bridgehead atoms. The first-order chi connectivity index (χ1) is 15.5. The van der Waals surface area contributed by atoms with Crippen molar-refractivity contribution in [3.63, 3.8) is 0 Å². The van der Waals surface area contributed by atoms with Gasteiger partial charge in [-0.25, -0.2) is 0 Å². The molecule has 0 atom stereocenters. The molecule has 2 aromatic heterocycles. The highest BCUT2D eigenvalue weighted by atomic mass is 32.2. The Morgan fingerprint density at radius 2 is 1.69 bits per heavy atom. The summed E-state index contributed by atoms with van der Waals surface area (Å²) >= 11 is 1.28. The van der Waals surface area contributed by atoms with Crippen LogP contribution in [0.1, 0.15) is 22.8 Å². The number of carbonyl (C=O) groups is 2. The van der Waals surface area contributed by atoms with Crippen LogP contribution in [0, 0.1) is 6.92 Å². The number of hydrogen-bond donors (Lipinski definition) is 1. The molecular weight excluding hydrogens is 422 g/mol. The maximum atomic E-state index is 12.6. The van der Waals surface area contributed by atoms with Crippen LogP contribution >= 0.6 is 11.8 Å². The second kappa shape index (κ2) is 9.57. The maximum Gasteiger partial charge on any atom is 0.234 e. The van der Waals surface area contributed by atoms with Crippen molar-refractivity contribution < 1.29 is 9.59 Å². The Kier molecular flexibility index (Phi) is 6.42. The molecule has 7 nitrogen and oxygen atoms in total. The number of para-hydroxylation sites is 2. The van der Waals surface area contributed by atoms with Crippen LogP contribution in [-0.4, -0.2) is 37.2 Å². The first-order valence-corrected chi connectivity index (χ1v) is 11.0. The van der Waals surface area contributed by atoms with Gasteiger partial charge in [0.2, 0.25) is 5.91 Å². The summed E-state index contributed by atoms with van der Waals surface area (Å²) in [4.78, 5) is 28.5. The van der Waals surface area contributed by atoms with Crippen molar-refractivity contribution in [1.82, 2.24) is 19.7 Å². The molecule has 4 rings (SSSR count). The average Bonchev–Trinajstić information content (AvgIpc) is 3.22. The van der Waals surface area contributed by atoms with E-state index in [1.54, 1.807) is 36.7 Å². The molecule has 4 aromatic rings. The third kappa shape index (κ3) is 4.60. The van der Waals surface area contributed by atoms with Gasteiger partial charge in [-0.15, -0.1) is 10.2 Å². The van der Waals surface area contributed by atoms with Crippen LogP contribution in [-0.2, 0) is 4.79 Å². The summed E-state index contributed by atoms with van der Waals surface area (Å²) in [6, 6.07) is 18.7. The van der Waals surface area contributed by atoms with Gasteiger partial charge in [0.25, 0.3) is 0 Å². The minimum absolute atomic E-state index is 0.102. The average molecular weight is 444 g/mol. The van der Waals surface area contributed by atoms with Crippen molar-refractivity contribution in [3.05, 3.63) is 84.2 Å². The van der Waals surface area contributed by atoms with Crippen molar-refractivity contribution in [2.75, 3.05) is 11.1 Å². The number of nitrogens with zero attached hydrogens (tertiary/aromatic N) is 4. The van der Waals surface area contributed by atoms with Crippen LogP contribution < -0.4 is 5.32 Å². The molecule has 160 valence electrons. The molecule has 0 aliphatic rings. The number of Topliss-reactive ketones (excluding diaryl/α,β-unsaturated/α-hetero) is 1. The number of pyridine rings is 1. The van der Waals surface area contributed by atoms with Gasteiger partial charge in [-0.2, -0.15) is 0 Å². The van der Waals surface area contributed by atoms with Crippen molar-refractivity contribution >= 4 is 29.1 Å². The molecule has 1 N–H and O–H groups in total. The summed E-state index contributed by atoms with van der Waals surface area (Å²) in [5.41, 5.74) is 3.86. The number of rotatable bonds is 7. The molecular formula is C24H21N5O2S. The molecule has 1 amide bonds. The third-order valence-corrected chi connectivity index (χ3v) is 5.77. The van der Waals surface area contributed by atoms with Crippen LogP contribution in [0.25, 0.3) is 17.1 Å². The standard InChI is InChI=1S/C24H21N5O2S/c1-16-7-3-6-10-21(16)29-23(18-11-13-25-14-12-18)27-28-24(29)32-15-22(31)26-20-9-5-4-8-19(20)17(2)30/h3-14H,15H2,1-2H3,(H,26,31). The van der Waals surface area contributed by atoms with E-state index in [9.17, 15) is 9.59 Å². The minimum atomic E-state index is -0.228. The van der Waals surface area contributed by atoms with Gasteiger partial charge in [0, 0.05) is 23.5 Å². The Bertz CT molecular complexity index is 1270. The van der Waals surface area contributed by atoms with Crippen LogP contribution in [0.15, 0.2) is 78.2 Å². The Labute approximate surface area is 189 Å². The zero-order chi connectivity index (χ0) is 22.5.